The Hall–Kier alpha value is -2.22. The van der Waals surface area contributed by atoms with Gasteiger partial charge in [0.25, 0.3) is 5.56 Å². The minimum Gasteiger partial charge on any atom is -0.309 e. The molecule has 2 aromatic heterocycles. The molecule has 0 saturated carbocycles. The van der Waals surface area contributed by atoms with Gasteiger partial charge in [-0.2, -0.15) is 5.26 Å². The lowest BCUT2D eigenvalue weighted by Gasteiger charge is -1.97. The first-order chi connectivity index (χ1) is 6.81. The molecular weight excluding hydrogens is 180 g/mol. The molecular formula is C9H6N4O. The Kier molecular flexibility index (Phi) is 1.95. The topological polar surface area (TPSA) is 82.4 Å². The van der Waals surface area contributed by atoms with Crippen molar-refractivity contribution in [2.45, 2.75) is 6.42 Å². The highest BCUT2D eigenvalue weighted by atomic mass is 16.1. The molecule has 68 valence electrons. The molecule has 0 saturated heterocycles. The number of nitrogens with zero attached hydrogens (tertiary/aromatic N) is 3. The zero-order chi connectivity index (χ0) is 9.97. The van der Waals surface area contributed by atoms with Crippen molar-refractivity contribution in [1.29, 1.82) is 5.26 Å². The van der Waals surface area contributed by atoms with Crippen LogP contribution in [0.1, 0.15) is 5.82 Å². The second kappa shape index (κ2) is 3.26. The van der Waals surface area contributed by atoms with Crippen LogP contribution in [0, 0.1) is 11.3 Å². The van der Waals surface area contributed by atoms with Gasteiger partial charge in [-0.05, 0) is 6.07 Å². The van der Waals surface area contributed by atoms with Gasteiger partial charge in [0, 0.05) is 6.20 Å². The number of H-pyrrole nitrogens is 1. The van der Waals surface area contributed by atoms with Crippen LogP contribution in [0.15, 0.2) is 23.3 Å². The van der Waals surface area contributed by atoms with E-state index in [-0.39, 0.29) is 12.0 Å². The van der Waals surface area contributed by atoms with E-state index in [4.69, 9.17) is 5.26 Å². The maximum Gasteiger partial charge on any atom is 0.258 e. The number of pyridine rings is 1. The van der Waals surface area contributed by atoms with Gasteiger partial charge in [-0.3, -0.25) is 9.78 Å². The van der Waals surface area contributed by atoms with Crippen molar-refractivity contribution in [3.05, 3.63) is 34.6 Å². The standard InChI is InChI=1S/C9H6N4O/c10-3-1-8-12-7-5-11-4-2-6(7)9(14)13-8/h2,4-5H,1H2,(H,12,13,14). The summed E-state index contributed by atoms with van der Waals surface area (Å²) in [7, 11) is 0. The summed E-state index contributed by atoms with van der Waals surface area (Å²) in [5.74, 6) is 0.373. The predicted molar refractivity (Wildman–Crippen MR) is 49.5 cm³/mol. The lowest BCUT2D eigenvalue weighted by Crippen LogP contribution is -2.11. The number of nitrogens with one attached hydrogen (secondary N) is 1. The van der Waals surface area contributed by atoms with Gasteiger partial charge in [-0.1, -0.05) is 0 Å². The first-order valence-electron chi connectivity index (χ1n) is 4.01. The van der Waals surface area contributed by atoms with E-state index in [1.54, 1.807) is 6.07 Å². The average Bonchev–Trinajstić information content (AvgIpc) is 2.18. The molecule has 0 aliphatic rings. The van der Waals surface area contributed by atoms with Gasteiger partial charge < -0.3 is 4.98 Å². The normalized spacial score (nSPS) is 9.93. The van der Waals surface area contributed by atoms with E-state index >= 15 is 0 Å². The molecule has 0 radical (unpaired) electrons. The van der Waals surface area contributed by atoms with E-state index < -0.39 is 0 Å². The molecule has 2 rings (SSSR count). The largest absolute Gasteiger partial charge is 0.309 e. The molecule has 5 heteroatoms. The number of aromatic nitrogens is 3. The van der Waals surface area contributed by atoms with Crippen LogP contribution in [0.25, 0.3) is 10.9 Å². The molecule has 14 heavy (non-hydrogen) atoms. The molecule has 0 spiro atoms. The lowest BCUT2D eigenvalue weighted by atomic mass is 10.3. The molecule has 0 unspecified atom stereocenters. The van der Waals surface area contributed by atoms with Gasteiger partial charge >= 0.3 is 0 Å². The number of nitriles is 1. The number of fused-ring (bicyclic) bond motifs is 1. The fourth-order valence-electron chi connectivity index (χ4n) is 1.20. The summed E-state index contributed by atoms with van der Waals surface area (Å²) < 4.78 is 0. The summed E-state index contributed by atoms with van der Waals surface area (Å²) in [5, 5.41) is 8.94. The highest BCUT2D eigenvalue weighted by Gasteiger charge is 2.02. The third kappa shape index (κ3) is 1.33. The first kappa shape index (κ1) is 8.38. The molecule has 2 heterocycles. The van der Waals surface area contributed by atoms with Crippen LogP contribution < -0.4 is 5.56 Å². The molecule has 0 aliphatic heterocycles. The van der Waals surface area contributed by atoms with Crippen LogP contribution in [-0.2, 0) is 6.42 Å². The van der Waals surface area contributed by atoms with Crippen LogP contribution in [0.5, 0.6) is 0 Å². The van der Waals surface area contributed by atoms with Crippen LogP contribution in [-0.4, -0.2) is 15.0 Å². The Morgan fingerprint density at radius 1 is 1.57 bits per heavy atom. The summed E-state index contributed by atoms with van der Waals surface area (Å²) in [5.41, 5.74) is 0.282. The smallest absolute Gasteiger partial charge is 0.258 e. The van der Waals surface area contributed by atoms with E-state index in [0.717, 1.165) is 0 Å². The summed E-state index contributed by atoms with van der Waals surface area (Å²) in [4.78, 5) is 21.9. The monoisotopic (exact) mass is 186 g/mol. The van der Waals surface area contributed by atoms with E-state index in [1.807, 2.05) is 6.07 Å². The first-order valence-corrected chi connectivity index (χ1v) is 4.01. The Labute approximate surface area is 79.1 Å². The van der Waals surface area contributed by atoms with Crippen LogP contribution in [0.4, 0.5) is 0 Å². The van der Waals surface area contributed by atoms with Crippen molar-refractivity contribution in [1.82, 2.24) is 15.0 Å². The van der Waals surface area contributed by atoms with E-state index in [2.05, 4.69) is 15.0 Å². The van der Waals surface area contributed by atoms with E-state index in [9.17, 15) is 4.79 Å². The highest BCUT2D eigenvalue weighted by molar-refractivity contribution is 5.75. The van der Waals surface area contributed by atoms with Crippen LogP contribution in [0.2, 0.25) is 0 Å². The van der Waals surface area contributed by atoms with Crippen molar-refractivity contribution in [3.8, 4) is 6.07 Å². The molecule has 0 fully saturated rings. The third-order valence-electron chi connectivity index (χ3n) is 1.80. The Morgan fingerprint density at radius 3 is 3.21 bits per heavy atom. The van der Waals surface area contributed by atoms with Crippen molar-refractivity contribution in [3.63, 3.8) is 0 Å². The summed E-state index contributed by atoms with van der Waals surface area (Å²) in [6.45, 7) is 0. The molecule has 0 bridgehead atoms. The van der Waals surface area contributed by atoms with Gasteiger partial charge in [0.1, 0.15) is 5.82 Å². The van der Waals surface area contributed by atoms with Crippen molar-refractivity contribution in [2.24, 2.45) is 0 Å². The van der Waals surface area contributed by atoms with Gasteiger partial charge in [-0.25, -0.2) is 4.98 Å². The summed E-state index contributed by atoms with van der Waals surface area (Å²) in [6.07, 6.45) is 3.13. The van der Waals surface area contributed by atoms with Gasteiger partial charge in [0.05, 0.1) is 29.6 Å². The minimum absolute atomic E-state index is 0.0973. The Bertz CT molecular complexity index is 567. The van der Waals surface area contributed by atoms with Crippen molar-refractivity contribution in [2.75, 3.05) is 0 Å². The lowest BCUT2D eigenvalue weighted by molar-refractivity contribution is 0.997. The van der Waals surface area contributed by atoms with E-state index in [1.165, 1.54) is 12.4 Å². The van der Waals surface area contributed by atoms with Crippen molar-refractivity contribution >= 4 is 10.9 Å². The van der Waals surface area contributed by atoms with Crippen LogP contribution >= 0.6 is 0 Å². The summed E-state index contributed by atoms with van der Waals surface area (Å²) >= 11 is 0. The molecule has 0 atom stereocenters. The SMILES string of the molecule is N#CCc1nc2cnccc2c(=O)[nH]1. The highest BCUT2D eigenvalue weighted by Crippen LogP contribution is 2.03. The second-order valence-electron chi connectivity index (χ2n) is 2.74. The second-order valence-corrected chi connectivity index (χ2v) is 2.74. The zero-order valence-corrected chi connectivity index (χ0v) is 7.19. The molecule has 0 aliphatic carbocycles. The quantitative estimate of drug-likeness (QED) is 0.698. The maximum atomic E-state index is 11.4. The summed E-state index contributed by atoms with van der Waals surface area (Å²) in [6, 6.07) is 3.52. The van der Waals surface area contributed by atoms with Crippen LogP contribution in [0.3, 0.4) is 0 Å². The van der Waals surface area contributed by atoms with Gasteiger partial charge in [-0.15, -0.1) is 0 Å². The molecule has 2 aromatic rings. The van der Waals surface area contributed by atoms with Gasteiger partial charge in [0.15, 0.2) is 0 Å². The average molecular weight is 186 g/mol. The Morgan fingerprint density at radius 2 is 2.43 bits per heavy atom. The number of hydrogen-bond donors (Lipinski definition) is 1. The molecule has 0 aromatic carbocycles. The predicted octanol–water partition coefficient (Wildman–Crippen LogP) is 0.384. The van der Waals surface area contributed by atoms with Gasteiger partial charge in [0.2, 0.25) is 0 Å². The molecule has 5 nitrogen and oxygen atoms in total. The van der Waals surface area contributed by atoms with Crippen molar-refractivity contribution < 1.29 is 0 Å². The Balaban J connectivity index is 2.74. The van der Waals surface area contributed by atoms with E-state index in [0.29, 0.717) is 16.7 Å². The fourth-order valence-corrected chi connectivity index (χ4v) is 1.20. The number of aromatic amines is 1. The molecule has 0 amide bonds. The number of rotatable bonds is 1. The zero-order valence-electron chi connectivity index (χ0n) is 7.19. The fraction of sp³-hybridized carbons (Fsp3) is 0.111. The maximum absolute atomic E-state index is 11.4. The molecule has 1 N–H and O–H groups in total. The minimum atomic E-state index is -0.234. The number of hydrogen-bond acceptors (Lipinski definition) is 4. The third-order valence-corrected chi connectivity index (χ3v) is 1.80.